The van der Waals surface area contributed by atoms with Crippen LogP contribution < -0.4 is 0 Å². The molecule has 1 aromatic rings. The van der Waals surface area contributed by atoms with Crippen molar-refractivity contribution < 1.29 is 14.7 Å². The van der Waals surface area contributed by atoms with E-state index in [-0.39, 0.29) is 11.4 Å². The largest absolute Gasteiger partial charge is 0.478 e. The van der Waals surface area contributed by atoms with Crippen molar-refractivity contribution in [3.8, 4) is 0 Å². The predicted molar refractivity (Wildman–Crippen MR) is 55.6 cm³/mol. The van der Waals surface area contributed by atoms with Crippen LogP contribution in [-0.2, 0) is 4.79 Å². The Kier molecular flexibility index (Phi) is 3.19. The first kappa shape index (κ1) is 10.7. The van der Waals surface area contributed by atoms with Gasteiger partial charge in [0.15, 0.2) is 5.78 Å². The van der Waals surface area contributed by atoms with Gasteiger partial charge in [-0.25, -0.2) is 4.79 Å². The van der Waals surface area contributed by atoms with Crippen molar-refractivity contribution in [2.45, 2.75) is 13.8 Å². The van der Waals surface area contributed by atoms with Crippen molar-refractivity contribution in [1.29, 1.82) is 0 Å². The Morgan fingerprint density at radius 2 is 2.00 bits per heavy atom. The number of thiophene rings is 1. The van der Waals surface area contributed by atoms with Crippen LogP contribution >= 0.6 is 11.3 Å². The third-order valence-corrected chi connectivity index (χ3v) is 2.80. The van der Waals surface area contributed by atoms with Crippen LogP contribution in [0.3, 0.4) is 0 Å². The lowest BCUT2D eigenvalue weighted by Crippen LogP contribution is -1.94. The topological polar surface area (TPSA) is 54.4 Å². The van der Waals surface area contributed by atoms with E-state index in [2.05, 4.69) is 0 Å². The van der Waals surface area contributed by atoms with Gasteiger partial charge in [0, 0.05) is 10.5 Å². The molecular weight excluding hydrogens is 200 g/mol. The zero-order valence-electron chi connectivity index (χ0n) is 7.90. The monoisotopic (exact) mass is 210 g/mol. The van der Waals surface area contributed by atoms with Crippen LogP contribution in [0.4, 0.5) is 0 Å². The molecule has 0 bridgehead atoms. The molecule has 0 aromatic carbocycles. The maximum atomic E-state index is 11.0. The Morgan fingerprint density at radius 1 is 1.36 bits per heavy atom. The third kappa shape index (κ3) is 2.53. The summed E-state index contributed by atoms with van der Waals surface area (Å²) in [6, 6.07) is 3.45. The summed E-state index contributed by atoms with van der Waals surface area (Å²) in [5, 5.41) is 8.63. The molecule has 0 saturated heterocycles. The fraction of sp³-hybridized carbons (Fsp3) is 0.200. The Hall–Kier alpha value is -1.42. The second-order valence-electron chi connectivity index (χ2n) is 2.89. The molecule has 74 valence electrons. The number of ketones is 1. The van der Waals surface area contributed by atoms with Crippen LogP contribution in [0.15, 0.2) is 17.7 Å². The average Bonchev–Trinajstić information content (AvgIpc) is 2.52. The molecule has 0 unspecified atom stereocenters. The minimum atomic E-state index is -0.942. The molecule has 0 atom stereocenters. The number of carboxylic acids is 1. The molecule has 0 aliphatic carbocycles. The highest BCUT2D eigenvalue weighted by Crippen LogP contribution is 2.19. The van der Waals surface area contributed by atoms with Crippen molar-refractivity contribution in [3.63, 3.8) is 0 Å². The molecule has 0 fully saturated rings. The summed E-state index contributed by atoms with van der Waals surface area (Å²) < 4.78 is 0. The Balaban J connectivity index is 2.93. The van der Waals surface area contributed by atoms with Crippen LogP contribution in [0, 0.1) is 0 Å². The first-order chi connectivity index (χ1) is 6.50. The van der Waals surface area contributed by atoms with Gasteiger partial charge in [-0.1, -0.05) is 0 Å². The van der Waals surface area contributed by atoms with E-state index >= 15 is 0 Å². The average molecular weight is 210 g/mol. The number of carbonyl (C=O) groups is 2. The molecule has 1 N–H and O–H groups in total. The second-order valence-corrected chi connectivity index (χ2v) is 4.01. The number of carbonyl (C=O) groups excluding carboxylic acids is 1. The van der Waals surface area contributed by atoms with E-state index in [0.29, 0.717) is 4.88 Å². The standard InChI is InChI=1S/C10H10O3S/c1-6(10(12)13)5-8-3-4-9(14-8)7(2)11/h3-5H,1-2H3,(H,12,13)/b6-5+. The molecular formula is C10H10O3S. The Labute approximate surface area is 85.7 Å². The van der Waals surface area contributed by atoms with E-state index in [1.807, 2.05) is 0 Å². The number of carboxylic acid groups (broad SMARTS) is 1. The summed E-state index contributed by atoms with van der Waals surface area (Å²) in [6.45, 7) is 3.01. The van der Waals surface area contributed by atoms with E-state index < -0.39 is 5.97 Å². The molecule has 0 radical (unpaired) electrons. The van der Waals surface area contributed by atoms with Gasteiger partial charge in [-0.15, -0.1) is 11.3 Å². The molecule has 0 saturated carbocycles. The van der Waals surface area contributed by atoms with Crippen LogP contribution in [0.1, 0.15) is 28.4 Å². The van der Waals surface area contributed by atoms with E-state index in [4.69, 9.17) is 5.11 Å². The summed E-state index contributed by atoms with van der Waals surface area (Å²) >= 11 is 1.30. The highest BCUT2D eigenvalue weighted by molar-refractivity contribution is 7.14. The maximum Gasteiger partial charge on any atom is 0.331 e. The van der Waals surface area contributed by atoms with Crippen molar-refractivity contribution in [2.24, 2.45) is 0 Å². The van der Waals surface area contributed by atoms with Crippen LogP contribution in [0.5, 0.6) is 0 Å². The molecule has 1 heterocycles. The highest BCUT2D eigenvalue weighted by atomic mass is 32.1. The van der Waals surface area contributed by atoms with E-state index in [0.717, 1.165) is 4.88 Å². The Morgan fingerprint density at radius 3 is 2.43 bits per heavy atom. The summed E-state index contributed by atoms with van der Waals surface area (Å²) in [6.07, 6.45) is 1.56. The van der Waals surface area contributed by atoms with Crippen LogP contribution in [0.25, 0.3) is 6.08 Å². The number of rotatable bonds is 3. The molecule has 3 nitrogen and oxygen atoms in total. The van der Waals surface area contributed by atoms with E-state index in [1.165, 1.54) is 25.2 Å². The smallest absolute Gasteiger partial charge is 0.331 e. The van der Waals surface area contributed by atoms with Gasteiger partial charge in [0.05, 0.1) is 4.88 Å². The fourth-order valence-corrected chi connectivity index (χ4v) is 1.80. The first-order valence-corrected chi connectivity index (χ1v) is 4.84. The van der Waals surface area contributed by atoms with Crippen LogP contribution in [0.2, 0.25) is 0 Å². The molecule has 0 aliphatic rings. The first-order valence-electron chi connectivity index (χ1n) is 4.03. The normalized spacial score (nSPS) is 11.4. The lowest BCUT2D eigenvalue weighted by molar-refractivity contribution is -0.132. The zero-order chi connectivity index (χ0) is 10.7. The number of Topliss-reactive ketones (excluding diaryl/α,β-unsaturated/α-hetero) is 1. The maximum absolute atomic E-state index is 11.0. The molecule has 14 heavy (non-hydrogen) atoms. The second kappa shape index (κ2) is 4.19. The lowest BCUT2D eigenvalue weighted by Gasteiger charge is -1.90. The van der Waals surface area contributed by atoms with Crippen LogP contribution in [-0.4, -0.2) is 16.9 Å². The summed E-state index contributed by atoms with van der Waals surface area (Å²) in [5.74, 6) is -0.939. The molecule has 1 rings (SSSR count). The summed E-state index contributed by atoms with van der Waals surface area (Å²) in [4.78, 5) is 22.9. The molecule has 0 spiro atoms. The van der Waals surface area contributed by atoms with E-state index in [1.54, 1.807) is 18.2 Å². The zero-order valence-corrected chi connectivity index (χ0v) is 8.72. The highest BCUT2D eigenvalue weighted by Gasteiger charge is 2.04. The minimum absolute atomic E-state index is 0.00243. The number of hydrogen-bond donors (Lipinski definition) is 1. The van der Waals surface area contributed by atoms with Gasteiger partial charge in [0.25, 0.3) is 0 Å². The van der Waals surface area contributed by atoms with Gasteiger partial charge in [-0.2, -0.15) is 0 Å². The van der Waals surface area contributed by atoms with Crippen molar-refractivity contribution in [3.05, 3.63) is 27.5 Å². The van der Waals surface area contributed by atoms with Gasteiger partial charge in [0.2, 0.25) is 0 Å². The molecule has 0 amide bonds. The number of aliphatic carboxylic acids is 1. The van der Waals surface area contributed by atoms with Gasteiger partial charge < -0.3 is 5.11 Å². The van der Waals surface area contributed by atoms with Crippen molar-refractivity contribution in [1.82, 2.24) is 0 Å². The molecule has 1 aromatic heterocycles. The van der Waals surface area contributed by atoms with Gasteiger partial charge in [0.1, 0.15) is 0 Å². The summed E-state index contributed by atoms with van der Waals surface area (Å²) in [7, 11) is 0. The van der Waals surface area contributed by atoms with E-state index in [9.17, 15) is 9.59 Å². The number of hydrogen-bond acceptors (Lipinski definition) is 3. The van der Waals surface area contributed by atoms with Gasteiger partial charge in [-0.3, -0.25) is 4.79 Å². The quantitative estimate of drug-likeness (QED) is 0.615. The lowest BCUT2D eigenvalue weighted by atomic mass is 10.2. The fourth-order valence-electron chi connectivity index (χ4n) is 0.895. The molecule has 0 aliphatic heterocycles. The van der Waals surface area contributed by atoms with Gasteiger partial charge >= 0.3 is 5.97 Å². The predicted octanol–water partition coefficient (Wildman–Crippen LogP) is 2.44. The third-order valence-electron chi connectivity index (χ3n) is 1.67. The Bertz CT molecular complexity index is 401. The van der Waals surface area contributed by atoms with Crippen molar-refractivity contribution in [2.75, 3.05) is 0 Å². The van der Waals surface area contributed by atoms with Gasteiger partial charge in [-0.05, 0) is 32.1 Å². The SMILES string of the molecule is CC(=O)c1ccc(/C=C(\C)C(=O)O)s1. The minimum Gasteiger partial charge on any atom is -0.478 e. The molecule has 4 heteroatoms. The van der Waals surface area contributed by atoms with Crippen molar-refractivity contribution >= 4 is 29.2 Å². The summed E-state index contributed by atoms with van der Waals surface area (Å²) in [5.41, 5.74) is 0.266.